The molecule has 458 valence electrons. The fourth-order valence-electron chi connectivity index (χ4n) is 8.54. The molecule has 0 aromatic heterocycles. The molecule has 0 aromatic rings. The highest BCUT2D eigenvalue weighted by atomic mass is 31.2. The predicted octanol–water partition coefficient (Wildman–Crippen LogP) is 20.1. The van der Waals surface area contributed by atoms with Gasteiger partial charge in [0.15, 0.2) is 6.10 Å². The van der Waals surface area contributed by atoms with Gasteiger partial charge < -0.3 is 27.9 Å². The Morgan fingerprint density at radius 3 is 1.10 bits per heavy atom. The van der Waals surface area contributed by atoms with Crippen molar-refractivity contribution in [3.05, 3.63) is 122 Å². The van der Waals surface area contributed by atoms with Gasteiger partial charge in [-0.2, -0.15) is 0 Å². The molecule has 10 heteroatoms. The third-order valence-corrected chi connectivity index (χ3v) is 14.4. The van der Waals surface area contributed by atoms with Crippen LogP contribution in [0.4, 0.5) is 0 Å². The molecule has 0 aliphatic heterocycles. The number of nitrogens with zero attached hydrogens (tertiary/aromatic N) is 1. The van der Waals surface area contributed by atoms with Crippen molar-refractivity contribution in [1.82, 2.24) is 0 Å². The number of esters is 2. The number of ether oxygens (including phenoxy) is 2. The van der Waals surface area contributed by atoms with Gasteiger partial charge in [-0.05, 0) is 103 Å². The van der Waals surface area contributed by atoms with Crippen molar-refractivity contribution >= 4 is 19.8 Å². The van der Waals surface area contributed by atoms with Crippen LogP contribution in [0.1, 0.15) is 258 Å². The number of rotatable bonds is 58. The summed E-state index contributed by atoms with van der Waals surface area (Å²) in [7, 11) is 1.12. The van der Waals surface area contributed by atoms with E-state index in [1.54, 1.807) is 0 Å². The smallest absolute Gasteiger partial charge is 0.306 e. The Balaban J connectivity index is 4.15. The molecular formula is C70H120NO8P. The first-order valence-electron chi connectivity index (χ1n) is 32.2. The third kappa shape index (κ3) is 63.6. The van der Waals surface area contributed by atoms with Crippen LogP contribution in [0.2, 0.25) is 0 Å². The van der Waals surface area contributed by atoms with E-state index in [0.29, 0.717) is 23.9 Å². The van der Waals surface area contributed by atoms with Crippen LogP contribution in [0.15, 0.2) is 122 Å². The number of allylic oxidation sites excluding steroid dienone is 20. The molecular weight excluding hydrogens is 1010 g/mol. The van der Waals surface area contributed by atoms with Crippen molar-refractivity contribution in [3.63, 3.8) is 0 Å². The van der Waals surface area contributed by atoms with E-state index < -0.39 is 32.5 Å². The van der Waals surface area contributed by atoms with Gasteiger partial charge in [-0.3, -0.25) is 14.2 Å². The van der Waals surface area contributed by atoms with Crippen molar-refractivity contribution in [2.45, 2.75) is 264 Å². The highest BCUT2D eigenvalue weighted by Gasteiger charge is 2.21. The Morgan fingerprint density at radius 2 is 0.725 bits per heavy atom. The summed E-state index contributed by atoms with van der Waals surface area (Å²) >= 11 is 0. The first kappa shape index (κ1) is 76.4. The van der Waals surface area contributed by atoms with Crippen molar-refractivity contribution in [2.24, 2.45) is 0 Å². The summed E-state index contributed by atoms with van der Waals surface area (Å²) in [5, 5.41) is 0. The number of hydrogen-bond donors (Lipinski definition) is 0. The van der Waals surface area contributed by atoms with E-state index in [2.05, 4.69) is 129 Å². The van der Waals surface area contributed by atoms with Gasteiger partial charge in [0.25, 0.3) is 7.82 Å². The van der Waals surface area contributed by atoms with E-state index in [9.17, 15) is 19.0 Å². The summed E-state index contributed by atoms with van der Waals surface area (Å²) in [5.74, 6) is -0.905. The number of unbranched alkanes of at least 4 members (excludes halogenated alkanes) is 24. The lowest BCUT2D eigenvalue weighted by Crippen LogP contribution is -2.37. The fourth-order valence-corrected chi connectivity index (χ4v) is 9.26. The molecule has 0 spiro atoms. The van der Waals surface area contributed by atoms with E-state index in [-0.39, 0.29) is 26.1 Å². The van der Waals surface area contributed by atoms with Gasteiger partial charge in [0, 0.05) is 12.8 Å². The molecule has 0 radical (unpaired) electrons. The van der Waals surface area contributed by atoms with Gasteiger partial charge >= 0.3 is 11.9 Å². The van der Waals surface area contributed by atoms with Crippen LogP contribution in [0.25, 0.3) is 0 Å². The van der Waals surface area contributed by atoms with Crippen LogP contribution in [0.5, 0.6) is 0 Å². The lowest BCUT2D eigenvalue weighted by Gasteiger charge is -2.28. The quantitative estimate of drug-likeness (QED) is 0.0195. The number of hydrogen-bond acceptors (Lipinski definition) is 8. The summed E-state index contributed by atoms with van der Waals surface area (Å²) in [4.78, 5) is 37.9. The molecule has 0 N–H and O–H groups in total. The Kier molecular flexibility index (Phi) is 57.3. The Bertz CT molecular complexity index is 1760. The minimum atomic E-state index is -4.66. The largest absolute Gasteiger partial charge is 0.756 e. The van der Waals surface area contributed by atoms with E-state index in [4.69, 9.17) is 18.5 Å². The van der Waals surface area contributed by atoms with Gasteiger partial charge in [0.1, 0.15) is 19.8 Å². The molecule has 0 aromatic carbocycles. The lowest BCUT2D eigenvalue weighted by atomic mass is 10.0. The Morgan fingerprint density at radius 1 is 0.400 bits per heavy atom. The van der Waals surface area contributed by atoms with Crippen LogP contribution in [-0.4, -0.2) is 70.0 Å². The summed E-state index contributed by atoms with van der Waals surface area (Å²) in [6.45, 7) is 4.05. The van der Waals surface area contributed by atoms with Crippen LogP contribution in [0, 0.1) is 0 Å². The van der Waals surface area contributed by atoms with Gasteiger partial charge in [-0.25, -0.2) is 0 Å². The molecule has 2 unspecified atom stereocenters. The SMILES string of the molecule is CC/C=C\C/C=C\C/C=C\C/C=C\C/C=C\C/C=C\C/C=C\CCCC(=O)OC(COC(=O)CCCCCCCCCCCCCCCCCCCC/C=C\C/C=C\C/C=C\CCCCCCC)COP(=O)([O-])OCC[N+](C)(C)C. The molecule has 0 heterocycles. The minimum Gasteiger partial charge on any atom is -0.756 e. The summed E-state index contributed by atoms with van der Waals surface area (Å²) in [6, 6.07) is 0. The Hall–Kier alpha value is -3.59. The Labute approximate surface area is 492 Å². The van der Waals surface area contributed by atoms with Crippen molar-refractivity contribution < 1.29 is 42.1 Å². The molecule has 0 rings (SSSR count). The average Bonchev–Trinajstić information content (AvgIpc) is 3.42. The van der Waals surface area contributed by atoms with Crippen LogP contribution < -0.4 is 4.89 Å². The second kappa shape index (κ2) is 60.0. The van der Waals surface area contributed by atoms with Crippen molar-refractivity contribution in [3.8, 4) is 0 Å². The number of phosphoric ester groups is 1. The molecule has 0 saturated carbocycles. The second-order valence-corrected chi connectivity index (χ2v) is 23.8. The standard InChI is InChI=1S/C70H120NO8P/c1-6-8-10-12-14-16-18-20-22-24-26-28-30-31-32-33-34-35-36-37-38-39-41-42-44-46-48-50-52-54-56-58-60-62-69(72)76-66-68(67-78-80(74,75)77-65-64-71(3,4)5)79-70(73)63-61-59-57-55-53-51-49-47-45-43-40-29-27-25-23-21-19-17-15-13-11-9-7-2/h9,11,15,17-18,20-21,23-24,26-27,29-31,43,45,49,51,55,57,68H,6-8,10,12-14,16,19,22,25,28,32-42,44,46-48,50,52-54,56,58-67H2,1-5H3/b11-9-,17-15-,20-18-,23-21-,26-24-,29-27-,31-30-,45-43-,51-49-,57-55-. The number of carbonyl (C=O) groups is 2. The van der Waals surface area contributed by atoms with Gasteiger partial charge in [-0.15, -0.1) is 0 Å². The van der Waals surface area contributed by atoms with Crippen LogP contribution in [0.3, 0.4) is 0 Å². The van der Waals surface area contributed by atoms with E-state index in [1.807, 2.05) is 27.2 Å². The molecule has 0 fully saturated rings. The molecule has 0 bridgehead atoms. The van der Waals surface area contributed by atoms with Gasteiger partial charge in [-0.1, -0.05) is 264 Å². The molecule has 0 amide bonds. The average molecular weight is 1130 g/mol. The zero-order chi connectivity index (χ0) is 58.4. The second-order valence-electron chi connectivity index (χ2n) is 22.4. The van der Waals surface area contributed by atoms with Crippen molar-refractivity contribution in [2.75, 3.05) is 47.5 Å². The summed E-state index contributed by atoms with van der Waals surface area (Å²) in [6.07, 6.45) is 85.6. The van der Waals surface area contributed by atoms with Crippen molar-refractivity contribution in [1.29, 1.82) is 0 Å². The van der Waals surface area contributed by atoms with E-state index in [0.717, 1.165) is 77.0 Å². The molecule has 2 atom stereocenters. The van der Waals surface area contributed by atoms with Gasteiger partial charge in [0.05, 0.1) is 27.7 Å². The fraction of sp³-hybridized carbons (Fsp3) is 0.686. The maximum Gasteiger partial charge on any atom is 0.306 e. The maximum atomic E-state index is 12.8. The molecule has 0 saturated heterocycles. The maximum absolute atomic E-state index is 12.8. The van der Waals surface area contributed by atoms with Crippen LogP contribution in [-0.2, 0) is 32.7 Å². The number of likely N-dealkylation sites (N-methyl/N-ethyl adjacent to an activating group) is 1. The highest BCUT2D eigenvalue weighted by molar-refractivity contribution is 7.45. The summed E-state index contributed by atoms with van der Waals surface area (Å²) < 4.78 is 34.1. The first-order valence-corrected chi connectivity index (χ1v) is 33.7. The number of phosphoric acid groups is 1. The molecule has 0 aliphatic rings. The number of quaternary nitrogens is 1. The zero-order valence-electron chi connectivity index (χ0n) is 52.0. The molecule has 0 aliphatic carbocycles. The predicted molar refractivity (Wildman–Crippen MR) is 341 cm³/mol. The zero-order valence-corrected chi connectivity index (χ0v) is 52.9. The molecule has 80 heavy (non-hydrogen) atoms. The third-order valence-electron chi connectivity index (χ3n) is 13.5. The van der Waals surface area contributed by atoms with Gasteiger partial charge in [0.2, 0.25) is 0 Å². The molecule has 9 nitrogen and oxygen atoms in total. The van der Waals surface area contributed by atoms with Crippen LogP contribution >= 0.6 is 7.82 Å². The first-order chi connectivity index (χ1) is 39.0. The number of carbonyl (C=O) groups excluding carboxylic acids is 2. The minimum absolute atomic E-state index is 0.0473. The van der Waals surface area contributed by atoms with E-state index >= 15 is 0 Å². The summed E-state index contributed by atoms with van der Waals surface area (Å²) in [5.41, 5.74) is 0. The van der Waals surface area contributed by atoms with E-state index in [1.165, 1.54) is 141 Å². The monoisotopic (exact) mass is 1130 g/mol. The topological polar surface area (TPSA) is 111 Å². The highest BCUT2D eigenvalue weighted by Crippen LogP contribution is 2.38. The lowest BCUT2D eigenvalue weighted by molar-refractivity contribution is -0.870. The normalized spacial score (nSPS) is 14.0.